The van der Waals surface area contributed by atoms with Gasteiger partial charge >= 0.3 is 0 Å². The fraction of sp³-hybridized carbons (Fsp3) is 0.0769. The Morgan fingerprint density at radius 1 is 1.19 bits per heavy atom. The van der Waals surface area contributed by atoms with Crippen LogP contribution in [0.15, 0.2) is 53.8 Å². The summed E-state index contributed by atoms with van der Waals surface area (Å²) in [5, 5.41) is -0.0637. The molecule has 7 nitrogen and oxygen atoms in total. The molecular formula is C13H13N5O2S. The lowest BCUT2D eigenvalue weighted by Crippen LogP contribution is -2.29. The largest absolute Gasteiger partial charge is 0.381 e. The minimum Gasteiger partial charge on any atom is -0.381 e. The molecule has 0 amide bonds. The number of nitrogens with zero attached hydrogens (tertiary/aromatic N) is 4. The molecule has 3 aromatic heterocycles. The van der Waals surface area contributed by atoms with Crippen LogP contribution in [0.5, 0.6) is 0 Å². The van der Waals surface area contributed by atoms with Crippen LogP contribution in [-0.4, -0.2) is 29.8 Å². The Kier molecular flexibility index (Phi) is 3.02. The molecule has 0 aliphatic heterocycles. The van der Waals surface area contributed by atoms with E-state index in [0.29, 0.717) is 11.5 Å². The lowest BCUT2D eigenvalue weighted by atomic mass is 10.5. The highest BCUT2D eigenvalue weighted by Crippen LogP contribution is 2.25. The maximum atomic E-state index is 12.8. The molecule has 0 spiro atoms. The second kappa shape index (κ2) is 4.74. The summed E-state index contributed by atoms with van der Waals surface area (Å²) in [6, 6.07) is 10.2. The number of nitrogens with two attached hydrogens (primary N) is 1. The summed E-state index contributed by atoms with van der Waals surface area (Å²) in [4.78, 5) is 8.11. The third-order valence-corrected chi connectivity index (χ3v) is 4.89. The van der Waals surface area contributed by atoms with Crippen LogP contribution in [0.2, 0.25) is 0 Å². The Morgan fingerprint density at radius 3 is 2.67 bits per heavy atom. The molecule has 0 aliphatic rings. The van der Waals surface area contributed by atoms with Gasteiger partial charge in [-0.1, -0.05) is 12.1 Å². The minimum absolute atomic E-state index is 0.0380. The van der Waals surface area contributed by atoms with E-state index in [2.05, 4.69) is 9.97 Å². The average molecular weight is 303 g/mol. The fourth-order valence-electron chi connectivity index (χ4n) is 2.04. The molecule has 0 unspecified atom stereocenters. The van der Waals surface area contributed by atoms with Crippen LogP contribution in [0.1, 0.15) is 0 Å². The van der Waals surface area contributed by atoms with Crippen LogP contribution in [0.3, 0.4) is 0 Å². The zero-order chi connectivity index (χ0) is 15.0. The quantitative estimate of drug-likeness (QED) is 0.783. The number of fused-ring (bicyclic) bond motifs is 1. The van der Waals surface area contributed by atoms with Gasteiger partial charge in [0.2, 0.25) is 5.03 Å². The van der Waals surface area contributed by atoms with Crippen LogP contribution in [0.25, 0.3) is 5.65 Å². The molecule has 0 aliphatic carbocycles. The first-order valence-electron chi connectivity index (χ1n) is 6.14. The predicted molar refractivity (Wildman–Crippen MR) is 79.4 cm³/mol. The van der Waals surface area contributed by atoms with E-state index in [1.54, 1.807) is 42.6 Å². The second-order valence-corrected chi connectivity index (χ2v) is 6.28. The number of hydrogen-bond donors (Lipinski definition) is 1. The minimum atomic E-state index is -3.86. The van der Waals surface area contributed by atoms with Gasteiger partial charge in [-0.2, -0.15) is 8.42 Å². The standard InChI is InChI=1S/C13H13N5O2S/c1-17(10-6-2-4-8-15-10)21(19,20)13-12(14)16-11-7-3-5-9-18(11)13/h2-9H,14H2,1H3. The van der Waals surface area contributed by atoms with Crippen molar-refractivity contribution < 1.29 is 8.42 Å². The molecule has 0 saturated carbocycles. The van der Waals surface area contributed by atoms with Crippen molar-refractivity contribution in [1.29, 1.82) is 0 Å². The summed E-state index contributed by atoms with van der Waals surface area (Å²) < 4.78 is 28.1. The number of nitrogen functional groups attached to an aromatic ring is 1. The van der Waals surface area contributed by atoms with Gasteiger partial charge in [-0.25, -0.2) is 9.97 Å². The van der Waals surface area contributed by atoms with Gasteiger partial charge in [0, 0.05) is 19.4 Å². The summed E-state index contributed by atoms with van der Waals surface area (Å²) in [5.41, 5.74) is 6.27. The van der Waals surface area contributed by atoms with Gasteiger partial charge < -0.3 is 5.73 Å². The predicted octanol–water partition coefficient (Wildman–Crippen LogP) is 1.14. The number of sulfonamides is 1. The highest BCUT2D eigenvalue weighted by molar-refractivity contribution is 7.92. The average Bonchev–Trinajstić information content (AvgIpc) is 2.83. The highest BCUT2D eigenvalue weighted by atomic mass is 32.2. The van der Waals surface area contributed by atoms with E-state index >= 15 is 0 Å². The van der Waals surface area contributed by atoms with Gasteiger partial charge in [-0.05, 0) is 24.3 Å². The van der Waals surface area contributed by atoms with E-state index in [-0.39, 0.29) is 10.8 Å². The molecule has 0 saturated heterocycles. The summed E-state index contributed by atoms with van der Waals surface area (Å²) in [6.45, 7) is 0. The monoisotopic (exact) mass is 303 g/mol. The Bertz CT molecular complexity index is 889. The Balaban J connectivity index is 2.19. The maximum Gasteiger partial charge on any atom is 0.285 e. The first-order valence-corrected chi connectivity index (χ1v) is 7.58. The second-order valence-electron chi connectivity index (χ2n) is 4.39. The molecule has 108 valence electrons. The molecule has 21 heavy (non-hydrogen) atoms. The zero-order valence-corrected chi connectivity index (χ0v) is 12.0. The van der Waals surface area contributed by atoms with Crippen molar-refractivity contribution >= 4 is 27.3 Å². The van der Waals surface area contributed by atoms with E-state index in [1.807, 2.05) is 0 Å². The lowest BCUT2D eigenvalue weighted by molar-refractivity contribution is 0.589. The first kappa shape index (κ1) is 13.4. The van der Waals surface area contributed by atoms with Gasteiger partial charge in [-0.3, -0.25) is 8.71 Å². The maximum absolute atomic E-state index is 12.8. The summed E-state index contributed by atoms with van der Waals surface area (Å²) in [5.74, 6) is 0.270. The number of imidazole rings is 1. The topological polar surface area (TPSA) is 93.6 Å². The Labute approximate surface area is 121 Å². The smallest absolute Gasteiger partial charge is 0.285 e. The van der Waals surface area contributed by atoms with E-state index in [1.165, 1.54) is 17.6 Å². The third-order valence-electron chi connectivity index (χ3n) is 3.09. The van der Waals surface area contributed by atoms with E-state index in [9.17, 15) is 8.42 Å². The molecule has 0 fully saturated rings. The summed E-state index contributed by atoms with van der Waals surface area (Å²) >= 11 is 0. The molecule has 0 radical (unpaired) electrons. The number of aromatic nitrogens is 3. The normalized spacial score (nSPS) is 11.7. The molecule has 3 aromatic rings. The van der Waals surface area contributed by atoms with E-state index in [0.717, 1.165) is 4.31 Å². The summed E-state index contributed by atoms with van der Waals surface area (Å²) in [6.07, 6.45) is 3.14. The van der Waals surface area contributed by atoms with Gasteiger partial charge in [0.15, 0.2) is 5.82 Å². The van der Waals surface area contributed by atoms with Gasteiger partial charge in [-0.15, -0.1) is 0 Å². The third kappa shape index (κ3) is 2.09. The first-order chi connectivity index (χ1) is 10.0. The molecule has 0 aromatic carbocycles. The van der Waals surface area contributed by atoms with E-state index in [4.69, 9.17) is 5.73 Å². The van der Waals surface area contributed by atoms with Crippen LogP contribution >= 0.6 is 0 Å². The Hall–Kier alpha value is -2.61. The van der Waals surface area contributed by atoms with Gasteiger partial charge in [0.05, 0.1) is 0 Å². The van der Waals surface area contributed by atoms with Crippen molar-refractivity contribution in [2.45, 2.75) is 5.03 Å². The zero-order valence-electron chi connectivity index (χ0n) is 11.2. The Morgan fingerprint density at radius 2 is 1.95 bits per heavy atom. The molecule has 3 rings (SSSR count). The molecule has 0 bridgehead atoms. The number of hydrogen-bond acceptors (Lipinski definition) is 5. The lowest BCUT2D eigenvalue weighted by Gasteiger charge is -2.18. The number of anilines is 2. The summed E-state index contributed by atoms with van der Waals surface area (Å²) in [7, 11) is -2.43. The van der Waals surface area contributed by atoms with Crippen LogP contribution in [-0.2, 0) is 10.0 Å². The molecule has 0 atom stereocenters. The van der Waals surface area contributed by atoms with Crippen molar-refractivity contribution in [3.05, 3.63) is 48.8 Å². The SMILES string of the molecule is CN(c1ccccn1)S(=O)(=O)c1c(N)nc2ccccn12. The van der Waals surface area contributed by atoms with Crippen LogP contribution < -0.4 is 10.0 Å². The highest BCUT2D eigenvalue weighted by Gasteiger charge is 2.29. The molecule has 3 heterocycles. The fourth-order valence-corrected chi connectivity index (χ4v) is 3.37. The number of rotatable bonds is 3. The molecule has 8 heteroatoms. The van der Waals surface area contributed by atoms with Crippen LogP contribution in [0, 0.1) is 0 Å². The molecule has 2 N–H and O–H groups in total. The van der Waals surface area contributed by atoms with Crippen molar-refractivity contribution in [2.24, 2.45) is 0 Å². The van der Waals surface area contributed by atoms with Crippen LogP contribution in [0.4, 0.5) is 11.6 Å². The van der Waals surface area contributed by atoms with Gasteiger partial charge in [0.25, 0.3) is 10.0 Å². The van der Waals surface area contributed by atoms with E-state index < -0.39 is 10.0 Å². The van der Waals surface area contributed by atoms with Gasteiger partial charge in [0.1, 0.15) is 11.5 Å². The number of pyridine rings is 2. The van der Waals surface area contributed by atoms with Crippen molar-refractivity contribution in [3.63, 3.8) is 0 Å². The van der Waals surface area contributed by atoms with Crippen molar-refractivity contribution in [1.82, 2.24) is 14.4 Å². The molecular weight excluding hydrogens is 290 g/mol. The van der Waals surface area contributed by atoms with Crippen molar-refractivity contribution in [2.75, 3.05) is 17.1 Å². The van der Waals surface area contributed by atoms with Crippen molar-refractivity contribution in [3.8, 4) is 0 Å².